The third kappa shape index (κ3) is 4.51. The lowest BCUT2D eigenvalue weighted by atomic mass is 9.92. The fourth-order valence-corrected chi connectivity index (χ4v) is 4.87. The fraction of sp³-hybridized carbons (Fsp3) is 0.571. The lowest BCUT2D eigenvalue weighted by Gasteiger charge is -2.35. The molecule has 1 N–H and O–H groups in total. The number of nitrogens with one attached hydrogen (secondary N) is 1. The summed E-state index contributed by atoms with van der Waals surface area (Å²) in [5.74, 6) is 1.56. The van der Waals surface area contributed by atoms with Crippen LogP contribution < -0.4 is 5.32 Å². The van der Waals surface area contributed by atoms with Gasteiger partial charge in [-0.1, -0.05) is 37.7 Å². The summed E-state index contributed by atoms with van der Waals surface area (Å²) in [6.45, 7) is 6.33. The normalized spacial score (nSPS) is 22.4. The van der Waals surface area contributed by atoms with Gasteiger partial charge < -0.3 is 14.8 Å². The highest BCUT2D eigenvalue weighted by atomic mass is 32.2. The average molecular weight is 401 g/mol. The molecule has 2 heterocycles. The number of hydrogen-bond acceptors (Lipinski definition) is 4. The summed E-state index contributed by atoms with van der Waals surface area (Å²) in [6.07, 6.45) is 3.33. The van der Waals surface area contributed by atoms with Crippen LogP contribution in [0.25, 0.3) is 11.0 Å². The van der Waals surface area contributed by atoms with Gasteiger partial charge in [0.1, 0.15) is 6.54 Å². The van der Waals surface area contributed by atoms with Gasteiger partial charge in [0.25, 0.3) is 0 Å². The first-order valence-corrected chi connectivity index (χ1v) is 11.1. The van der Waals surface area contributed by atoms with Crippen LogP contribution in [0.5, 0.6) is 0 Å². The Morgan fingerprint density at radius 3 is 2.61 bits per heavy atom. The van der Waals surface area contributed by atoms with Crippen molar-refractivity contribution in [1.82, 2.24) is 19.8 Å². The molecule has 2 atom stereocenters. The van der Waals surface area contributed by atoms with Gasteiger partial charge in [-0.05, 0) is 43.2 Å². The summed E-state index contributed by atoms with van der Waals surface area (Å²) in [5.41, 5.74) is 1.81. The summed E-state index contributed by atoms with van der Waals surface area (Å²) in [5, 5.41) is 3.74. The Morgan fingerprint density at radius 1 is 1.18 bits per heavy atom. The van der Waals surface area contributed by atoms with E-state index in [0.717, 1.165) is 42.1 Å². The number of piperidine rings is 1. The van der Waals surface area contributed by atoms with Crippen LogP contribution in [0.15, 0.2) is 29.4 Å². The number of carbonyl (C=O) groups excluding carboxylic acids is 2. The molecule has 28 heavy (non-hydrogen) atoms. The van der Waals surface area contributed by atoms with E-state index in [-0.39, 0.29) is 18.4 Å². The summed E-state index contributed by atoms with van der Waals surface area (Å²) >= 11 is 1.41. The molecule has 2 aromatic rings. The van der Waals surface area contributed by atoms with Crippen molar-refractivity contribution in [2.24, 2.45) is 11.8 Å². The van der Waals surface area contributed by atoms with Crippen LogP contribution in [0.3, 0.4) is 0 Å². The molecule has 150 valence electrons. The van der Waals surface area contributed by atoms with Crippen molar-refractivity contribution >= 4 is 34.6 Å². The number of amides is 2. The van der Waals surface area contributed by atoms with E-state index < -0.39 is 0 Å². The molecule has 0 radical (unpaired) electrons. The summed E-state index contributed by atoms with van der Waals surface area (Å²) in [7, 11) is 0. The van der Waals surface area contributed by atoms with Crippen LogP contribution in [-0.2, 0) is 16.1 Å². The van der Waals surface area contributed by atoms with Gasteiger partial charge in [-0.15, -0.1) is 0 Å². The van der Waals surface area contributed by atoms with Crippen molar-refractivity contribution in [2.75, 3.05) is 18.8 Å². The number of aromatic nitrogens is 2. The van der Waals surface area contributed by atoms with Gasteiger partial charge >= 0.3 is 0 Å². The molecule has 1 aliphatic carbocycles. The number of hydrogen-bond donors (Lipinski definition) is 1. The summed E-state index contributed by atoms with van der Waals surface area (Å²) in [4.78, 5) is 31.8. The molecule has 4 rings (SSSR count). The Morgan fingerprint density at radius 2 is 1.89 bits per heavy atom. The first-order chi connectivity index (χ1) is 13.5. The highest BCUT2D eigenvalue weighted by Gasteiger charge is 2.27. The van der Waals surface area contributed by atoms with Crippen LogP contribution in [0.4, 0.5) is 0 Å². The minimum Gasteiger partial charge on any atom is -0.353 e. The van der Waals surface area contributed by atoms with Crippen molar-refractivity contribution in [2.45, 2.75) is 50.9 Å². The van der Waals surface area contributed by atoms with Gasteiger partial charge in [-0.2, -0.15) is 0 Å². The van der Waals surface area contributed by atoms with Gasteiger partial charge in [0.2, 0.25) is 11.8 Å². The molecule has 1 aromatic heterocycles. The Balaban J connectivity index is 1.50. The summed E-state index contributed by atoms with van der Waals surface area (Å²) < 4.78 is 1.97. The van der Waals surface area contributed by atoms with Crippen molar-refractivity contribution in [1.29, 1.82) is 0 Å². The van der Waals surface area contributed by atoms with Crippen LogP contribution >= 0.6 is 11.8 Å². The van der Waals surface area contributed by atoms with Crippen molar-refractivity contribution < 1.29 is 9.59 Å². The van der Waals surface area contributed by atoms with E-state index in [9.17, 15) is 9.59 Å². The Kier molecular flexibility index (Phi) is 5.62. The number of fused-ring (bicyclic) bond motifs is 1. The number of imidazole rings is 1. The van der Waals surface area contributed by atoms with E-state index in [4.69, 9.17) is 0 Å². The quantitative estimate of drug-likeness (QED) is 0.757. The molecule has 1 saturated heterocycles. The molecule has 6 nitrogen and oxygen atoms in total. The van der Waals surface area contributed by atoms with Gasteiger partial charge in [-0.3, -0.25) is 9.59 Å². The molecule has 2 aliphatic rings. The van der Waals surface area contributed by atoms with E-state index in [1.807, 2.05) is 33.7 Å². The molecule has 7 heteroatoms. The molecule has 0 bridgehead atoms. The van der Waals surface area contributed by atoms with E-state index in [2.05, 4.69) is 24.1 Å². The third-order valence-electron chi connectivity index (χ3n) is 5.41. The zero-order valence-corrected chi connectivity index (χ0v) is 17.4. The molecule has 1 aliphatic heterocycles. The Labute approximate surface area is 170 Å². The van der Waals surface area contributed by atoms with E-state index in [0.29, 0.717) is 23.6 Å². The lowest BCUT2D eigenvalue weighted by molar-refractivity contribution is -0.134. The smallest absolute Gasteiger partial charge is 0.242 e. The molecule has 0 spiro atoms. The van der Waals surface area contributed by atoms with Crippen LogP contribution in [0, 0.1) is 11.8 Å². The largest absolute Gasteiger partial charge is 0.353 e. The number of para-hydroxylation sites is 2. The van der Waals surface area contributed by atoms with Crippen molar-refractivity contribution in [3.8, 4) is 0 Å². The minimum atomic E-state index is 0.0381. The zero-order valence-electron chi connectivity index (χ0n) is 16.6. The number of likely N-dealkylation sites (tertiary alicyclic amines) is 1. The van der Waals surface area contributed by atoms with Crippen LogP contribution in [-0.4, -0.2) is 51.1 Å². The van der Waals surface area contributed by atoms with Gasteiger partial charge in [0.05, 0.1) is 16.8 Å². The molecule has 1 aromatic carbocycles. The predicted octanol–water partition coefficient (Wildman–Crippen LogP) is 2.91. The number of carbonyl (C=O) groups is 2. The topological polar surface area (TPSA) is 67.2 Å². The van der Waals surface area contributed by atoms with Gasteiger partial charge in [0, 0.05) is 19.1 Å². The minimum absolute atomic E-state index is 0.0381. The number of thioether (sulfide) groups is 1. The average Bonchev–Trinajstić information content (AvgIpc) is 3.40. The monoisotopic (exact) mass is 400 g/mol. The van der Waals surface area contributed by atoms with E-state index in [1.54, 1.807) is 0 Å². The number of nitrogens with zero attached hydrogens (tertiary/aromatic N) is 3. The lowest BCUT2D eigenvalue weighted by Crippen LogP contribution is -2.44. The molecular weight excluding hydrogens is 372 g/mol. The highest BCUT2D eigenvalue weighted by Crippen LogP contribution is 2.26. The molecule has 1 saturated carbocycles. The second kappa shape index (κ2) is 8.15. The van der Waals surface area contributed by atoms with Crippen LogP contribution in [0.1, 0.15) is 33.1 Å². The maximum absolute atomic E-state index is 13.0. The third-order valence-corrected chi connectivity index (χ3v) is 6.39. The standard InChI is InChI=1S/C21H28N4O2S/c1-14-9-15(2)11-24(10-14)20(27)12-25-18-6-4-3-5-17(18)23-21(25)28-13-19(26)22-16-7-8-16/h3-6,14-16H,7-13H2,1-2H3,(H,22,26)/t14-,15+. The second-order valence-electron chi connectivity index (χ2n) is 8.34. The predicted molar refractivity (Wildman–Crippen MR) is 111 cm³/mol. The van der Waals surface area contributed by atoms with Crippen LogP contribution in [0.2, 0.25) is 0 Å². The SMILES string of the molecule is C[C@@H]1C[C@H](C)CN(C(=O)Cn2c(SCC(=O)NC3CC3)nc3ccccc32)C1. The Bertz CT molecular complexity index is 866. The first-order valence-electron chi connectivity index (χ1n) is 10.1. The van der Waals surface area contributed by atoms with Gasteiger partial charge in [-0.25, -0.2) is 4.98 Å². The van der Waals surface area contributed by atoms with Crippen molar-refractivity contribution in [3.05, 3.63) is 24.3 Å². The van der Waals surface area contributed by atoms with E-state index in [1.165, 1.54) is 18.2 Å². The molecular formula is C21H28N4O2S. The number of benzene rings is 1. The summed E-state index contributed by atoms with van der Waals surface area (Å²) in [6, 6.07) is 8.21. The molecule has 2 fully saturated rings. The fourth-order valence-electron chi connectivity index (χ4n) is 4.05. The van der Waals surface area contributed by atoms with Gasteiger partial charge in [0.15, 0.2) is 5.16 Å². The number of rotatable bonds is 6. The highest BCUT2D eigenvalue weighted by molar-refractivity contribution is 7.99. The zero-order chi connectivity index (χ0) is 19.7. The molecule has 2 amide bonds. The second-order valence-corrected chi connectivity index (χ2v) is 9.29. The Hall–Kier alpha value is -2.02. The van der Waals surface area contributed by atoms with Crippen molar-refractivity contribution in [3.63, 3.8) is 0 Å². The first kappa shape index (κ1) is 19.3. The maximum atomic E-state index is 13.0. The molecule has 0 unspecified atom stereocenters. The van der Waals surface area contributed by atoms with E-state index >= 15 is 0 Å². The maximum Gasteiger partial charge on any atom is 0.242 e.